The highest BCUT2D eigenvalue weighted by Crippen LogP contribution is 2.36. The van der Waals surface area contributed by atoms with Crippen LogP contribution in [0.5, 0.6) is 5.75 Å². The lowest BCUT2D eigenvalue weighted by Gasteiger charge is -2.23. The van der Waals surface area contributed by atoms with E-state index in [1.165, 1.54) is 4.90 Å². The van der Waals surface area contributed by atoms with Gasteiger partial charge in [0.1, 0.15) is 11.4 Å². The van der Waals surface area contributed by atoms with Crippen LogP contribution in [0.2, 0.25) is 0 Å². The van der Waals surface area contributed by atoms with Crippen LogP contribution in [-0.2, 0) is 0 Å². The van der Waals surface area contributed by atoms with Crippen LogP contribution in [0.4, 0.5) is 0 Å². The highest BCUT2D eigenvalue weighted by Gasteiger charge is 2.14. The van der Waals surface area contributed by atoms with Crippen molar-refractivity contribution in [2.24, 2.45) is 0 Å². The Morgan fingerprint density at radius 1 is 0.833 bits per heavy atom. The minimum atomic E-state index is -0.173. The molecule has 94 valence electrons. The van der Waals surface area contributed by atoms with Gasteiger partial charge in [-0.25, -0.2) is 0 Å². The summed E-state index contributed by atoms with van der Waals surface area (Å²) in [4.78, 5) is 2.38. The zero-order chi connectivity index (χ0) is 13.0. The van der Waals surface area contributed by atoms with Gasteiger partial charge in [-0.3, -0.25) is 0 Å². The van der Waals surface area contributed by atoms with E-state index in [0.29, 0.717) is 0 Å². The maximum Gasteiger partial charge on any atom is 0.134 e. The molecule has 2 rings (SSSR count). The van der Waals surface area contributed by atoms with Crippen molar-refractivity contribution in [3.05, 3.63) is 54.6 Å². The Labute approximate surface area is 113 Å². The SMILES string of the molecule is CC(C)(C)Oc1ccccc1Sc1ccccc1. The molecule has 0 fully saturated rings. The zero-order valence-electron chi connectivity index (χ0n) is 11.0. The second-order valence-electron chi connectivity index (χ2n) is 5.08. The maximum atomic E-state index is 5.98. The predicted octanol–water partition coefficient (Wildman–Crippen LogP) is 5.02. The van der Waals surface area contributed by atoms with Crippen LogP contribution in [0.25, 0.3) is 0 Å². The van der Waals surface area contributed by atoms with Crippen molar-refractivity contribution >= 4 is 11.8 Å². The van der Waals surface area contributed by atoms with Crippen molar-refractivity contribution in [2.75, 3.05) is 0 Å². The summed E-state index contributed by atoms with van der Waals surface area (Å²) in [6.07, 6.45) is 0. The van der Waals surface area contributed by atoms with Crippen LogP contribution in [-0.4, -0.2) is 5.60 Å². The lowest BCUT2D eigenvalue weighted by atomic mass is 10.2. The smallest absolute Gasteiger partial charge is 0.134 e. The highest BCUT2D eigenvalue weighted by molar-refractivity contribution is 7.99. The van der Waals surface area contributed by atoms with Crippen LogP contribution in [0.15, 0.2) is 64.4 Å². The Bertz CT molecular complexity index is 500. The molecule has 0 unspecified atom stereocenters. The molecule has 0 aliphatic rings. The monoisotopic (exact) mass is 258 g/mol. The molecule has 0 bridgehead atoms. The fourth-order valence-corrected chi connectivity index (χ4v) is 2.47. The molecule has 0 spiro atoms. The number of hydrogen-bond donors (Lipinski definition) is 0. The van der Waals surface area contributed by atoms with E-state index in [0.717, 1.165) is 10.6 Å². The average Bonchev–Trinajstić information content (AvgIpc) is 2.31. The average molecular weight is 258 g/mol. The van der Waals surface area contributed by atoms with Gasteiger partial charge in [-0.1, -0.05) is 42.1 Å². The molecule has 2 aromatic rings. The van der Waals surface area contributed by atoms with Gasteiger partial charge < -0.3 is 4.74 Å². The lowest BCUT2D eigenvalue weighted by Crippen LogP contribution is -2.23. The molecular formula is C16H18OS. The summed E-state index contributed by atoms with van der Waals surface area (Å²) in [6.45, 7) is 6.20. The number of ether oxygens (including phenoxy) is 1. The molecular weight excluding hydrogens is 240 g/mol. The van der Waals surface area contributed by atoms with Crippen molar-refractivity contribution < 1.29 is 4.74 Å². The van der Waals surface area contributed by atoms with E-state index in [1.807, 2.05) is 24.3 Å². The Morgan fingerprint density at radius 2 is 1.44 bits per heavy atom. The molecule has 1 nitrogen and oxygen atoms in total. The Morgan fingerprint density at radius 3 is 2.11 bits per heavy atom. The van der Waals surface area contributed by atoms with Crippen LogP contribution in [0.1, 0.15) is 20.8 Å². The summed E-state index contributed by atoms with van der Waals surface area (Å²) in [5.41, 5.74) is -0.173. The number of hydrogen-bond acceptors (Lipinski definition) is 2. The van der Waals surface area contributed by atoms with Crippen LogP contribution >= 0.6 is 11.8 Å². The van der Waals surface area contributed by atoms with E-state index in [9.17, 15) is 0 Å². The molecule has 0 aliphatic carbocycles. The summed E-state index contributed by atoms with van der Waals surface area (Å²) in [7, 11) is 0. The number of rotatable bonds is 3. The van der Waals surface area contributed by atoms with Crippen LogP contribution in [0.3, 0.4) is 0 Å². The Hall–Kier alpha value is -1.41. The minimum absolute atomic E-state index is 0.173. The van der Waals surface area contributed by atoms with E-state index in [-0.39, 0.29) is 5.60 Å². The second kappa shape index (κ2) is 5.49. The van der Waals surface area contributed by atoms with Gasteiger partial charge in [0.05, 0.1) is 4.90 Å². The van der Waals surface area contributed by atoms with Crippen molar-refractivity contribution in [1.29, 1.82) is 0 Å². The van der Waals surface area contributed by atoms with E-state index in [4.69, 9.17) is 4.74 Å². The molecule has 0 aromatic heterocycles. The van der Waals surface area contributed by atoms with E-state index in [1.54, 1.807) is 11.8 Å². The van der Waals surface area contributed by atoms with E-state index >= 15 is 0 Å². The Kier molecular flexibility index (Phi) is 3.97. The van der Waals surface area contributed by atoms with E-state index < -0.39 is 0 Å². The van der Waals surface area contributed by atoms with Gasteiger partial charge in [0, 0.05) is 4.90 Å². The predicted molar refractivity (Wildman–Crippen MR) is 77.4 cm³/mol. The molecule has 0 heterocycles. The molecule has 0 aliphatic heterocycles. The molecule has 0 saturated heterocycles. The second-order valence-corrected chi connectivity index (χ2v) is 6.19. The van der Waals surface area contributed by atoms with E-state index in [2.05, 4.69) is 51.1 Å². The third kappa shape index (κ3) is 3.81. The van der Waals surface area contributed by atoms with Gasteiger partial charge in [0.25, 0.3) is 0 Å². The molecule has 2 heteroatoms. The van der Waals surface area contributed by atoms with Gasteiger partial charge in [0.15, 0.2) is 0 Å². The van der Waals surface area contributed by atoms with Crippen molar-refractivity contribution in [3.63, 3.8) is 0 Å². The molecule has 0 amide bonds. The fraction of sp³-hybridized carbons (Fsp3) is 0.250. The summed E-state index contributed by atoms with van der Waals surface area (Å²) >= 11 is 1.73. The molecule has 2 aromatic carbocycles. The largest absolute Gasteiger partial charge is 0.487 e. The Balaban J connectivity index is 2.23. The topological polar surface area (TPSA) is 9.23 Å². The third-order valence-corrected chi connectivity index (χ3v) is 3.30. The first-order valence-electron chi connectivity index (χ1n) is 6.05. The molecule has 0 N–H and O–H groups in total. The number of benzene rings is 2. The van der Waals surface area contributed by atoms with Gasteiger partial charge in [-0.15, -0.1) is 0 Å². The van der Waals surface area contributed by atoms with Crippen molar-refractivity contribution in [3.8, 4) is 5.75 Å². The first-order chi connectivity index (χ1) is 8.54. The third-order valence-electron chi connectivity index (χ3n) is 2.24. The molecule has 0 radical (unpaired) electrons. The number of para-hydroxylation sites is 1. The lowest BCUT2D eigenvalue weighted by molar-refractivity contribution is 0.127. The van der Waals surface area contributed by atoms with Gasteiger partial charge in [-0.2, -0.15) is 0 Å². The highest BCUT2D eigenvalue weighted by atomic mass is 32.2. The first-order valence-corrected chi connectivity index (χ1v) is 6.87. The zero-order valence-corrected chi connectivity index (χ0v) is 11.8. The summed E-state index contributed by atoms with van der Waals surface area (Å²) in [6, 6.07) is 18.5. The standard InChI is InChI=1S/C16H18OS/c1-16(2,3)17-14-11-7-8-12-15(14)18-13-9-5-4-6-10-13/h4-12H,1-3H3. The fourth-order valence-electron chi connectivity index (χ4n) is 1.56. The minimum Gasteiger partial charge on any atom is -0.487 e. The quantitative estimate of drug-likeness (QED) is 0.765. The first kappa shape index (κ1) is 13.0. The summed E-state index contributed by atoms with van der Waals surface area (Å²) in [5.74, 6) is 0.943. The summed E-state index contributed by atoms with van der Waals surface area (Å²) < 4.78 is 5.98. The maximum absolute atomic E-state index is 5.98. The van der Waals surface area contributed by atoms with Gasteiger partial charge in [-0.05, 0) is 45.0 Å². The van der Waals surface area contributed by atoms with Crippen LogP contribution in [0, 0.1) is 0 Å². The van der Waals surface area contributed by atoms with Crippen molar-refractivity contribution in [1.82, 2.24) is 0 Å². The normalized spacial score (nSPS) is 11.3. The van der Waals surface area contributed by atoms with Gasteiger partial charge in [0.2, 0.25) is 0 Å². The van der Waals surface area contributed by atoms with Crippen molar-refractivity contribution in [2.45, 2.75) is 36.2 Å². The molecule has 18 heavy (non-hydrogen) atoms. The summed E-state index contributed by atoms with van der Waals surface area (Å²) in [5, 5.41) is 0. The molecule has 0 atom stereocenters. The van der Waals surface area contributed by atoms with Crippen LogP contribution < -0.4 is 4.74 Å². The van der Waals surface area contributed by atoms with Gasteiger partial charge >= 0.3 is 0 Å². The molecule has 0 saturated carbocycles.